The molecule has 1 aliphatic carbocycles. The second-order valence-electron chi connectivity index (χ2n) is 6.93. The third kappa shape index (κ3) is 3.25. The van der Waals surface area contributed by atoms with Crippen molar-refractivity contribution in [2.75, 3.05) is 24.8 Å². The van der Waals surface area contributed by atoms with Crippen LogP contribution >= 0.6 is 0 Å². The van der Waals surface area contributed by atoms with Gasteiger partial charge in [-0.2, -0.15) is 19.8 Å². The highest BCUT2D eigenvalue weighted by Gasteiger charge is 2.30. The number of anilines is 3. The topological polar surface area (TPSA) is 131 Å². The molecule has 0 radical (unpaired) electrons. The van der Waals surface area contributed by atoms with E-state index in [4.69, 9.17) is 4.74 Å². The number of amides is 1. The number of hydrogen-bond acceptors (Lipinski definition) is 9. The van der Waals surface area contributed by atoms with E-state index in [2.05, 4.69) is 41.2 Å². The van der Waals surface area contributed by atoms with Crippen molar-refractivity contribution in [2.45, 2.75) is 12.5 Å². The molecule has 11 nitrogen and oxygen atoms in total. The zero-order valence-corrected chi connectivity index (χ0v) is 16.8. The predicted octanol–water partition coefficient (Wildman–Crippen LogP) is 1.74. The van der Waals surface area contributed by atoms with Crippen molar-refractivity contribution in [1.29, 1.82) is 0 Å². The van der Waals surface area contributed by atoms with E-state index in [9.17, 15) is 4.79 Å². The average molecular weight is 417 g/mol. The second kappa shape index (κ2) is 7.52. The first-order valence-electron chi connectivity index (χ1n) is 9.62. The largest absolute Gasteiger partial charge is 0.480 e. The fraction of sp³-hybridized carbons (Fsp3) is 0.200. The van der Waals surface area contributed by atoms with Crippen LogP contribution in [0, 0.1) is 0 Å². The highest BCUT2D eigenvalue weighted by molar-refractivity contribution is 6.00. The Hall–Kier alpha value is -4.28. The van der Waals surface area contributed by atoms with Gasteiger partial charge in [0.15, 0.2) is 5.65 Å². The average Bonchev–Trinajstić information content (AvgIpc) is 3.21. The van der Waals surface area contributed by atoms with Gasteiger partial charge >= 0.3 is 0 Å². The van der Waals surface area contributed by atoms with E-state index in [0.717, 1.165) is 17.7 Å². The molecule has 4 aromatic heterocycles. The standard InChI is InChI=1S/C20H19N9O2/c1-21-16-9-15(25-13-4-3-6-22-20(13)31-2)27-18-12(10-24-29(16)18)19(30)26-14-8-11-5-7-23-28-17(11)14/h3-7,9-10,14,21H,8H2,1-2H3,(H,25,27)(H,26,30)/t14-/m1/s1. The van der Waals surface area contributed by atoms with Gasteiger partial charge in [0.1, 0.15) is 22.9 Å². The highest BCUT2D eigenvalue weighted by Crippen LogP contribution is 2.31. The zero-order valence-electron chi connectivity index (χ0n) is 16.8. The number of pyridine rings is 1. The molecule has 0 aliphatic heterocycles. The lowest BCUT2D eigenvalue weighted by atomic mass is 9.89. The van der Waals surface area contributed by atoms with Crippen molar-refractivity contribution < 1.29 is 9.53 Å². The Morgan fingerprint density at radius 1 is 1.29 bits per heavy atom. The van der Waals surface area contributed by atoms with Crippen molar-refractivity contribution in [3.63, 3.8) is 0 Å². The van der Waals surface area contributed by atoms with Gasteiger partial charge in [-0.15, -0.1) is 0 Å². The lowest BCUT2D eigenvalue weighted by Gasteiger charge is -2.28. The molecular weight excluding hydrogens is 398 g/mol. The molecule has 4 aromatic rings. The summed E-state index contributed by atoms with van der Waals surface area (Å²) >= 11 is 0. The zero-order chi connectivity index (χ0) is 21.4. The summed E-state index contributed by atoms with van der Waals surface area (Å²) in [6, 6.07) is 7.14. The van der Waals surface area contributed by atoms with Crippen molar-refractivity contribution in [3.8, 4) is 5.88 Å². The molecule has 0 fully saturated rings. The van der Waals surface area contributed by atoms with E-state index in [1.54, 1.807) is 43.2 Å². The van der Waals surface area contributed by atoms with Crippen LogP contribution in [0.5, 0.6) is 5.88 Å². The van der Waals surface area contributed by atoms with Crippen LogP contribution in [0.25, 0.3) is 5.65 Å². The van der Waals surface area contributed by atoms with Crippen LogP contribution in [-0.2, 0) is 6.42 Å². The van der Waals surface area contributed by atoms with E-state index < -0.39 is 0 Å². The molecular formula is C20H19N9O2. The minimum absolute atomic E-state index is 0.170. The van der Waals surface area contributed by atoms with Crippen LogP contribution in [0.1, 0.15) is 27.7 Å². The fourth-order valence-electron chi connectivity index (χ4n) is 3.53. The summed E-state index contributed by atoms with van der Waals surface area (Å²) in [6.45, 7) is 0. The van der Waals surface area contributed by atoms with Gasteiger partial charge < -0.3 is 20.7 Å². The molecule has 1 aliphatic rings. The van der Waals surface area contributed by atoms with Gasteiger partial charge in [0.2, 0.25) is 5.88 Å². The molecule has 156 valence electrons. The Morgan fingerprint density at radius 2 is 2.19 bits per heavy atom. The van der Waals surface area contributed by atoms with E-state index >= 15 is 0 Å². The summed E-state index contributed by atoms with van der Waals surface area (Å²) in [5.41, 5.74) is 3.30. The van der Waals surface area contributed by atoms with Gasteiger partial charge in [-0.05, 0) is 23.8 Å². The number of rotatable bonds is 6. The number of carbonyl (C=O) groups excluding carboxylic acids is 1. The fourth-order valence-corrected chi connectivity index (χ4v) is 3.53. The summed E-state index contributed by atoms with van der Waals surface area (Å²) < 4.78 is 6.87. The van der Waals surface area contributed by atoms with Crippen molar-refractivity contribution in [2.24, 2.45) is 0 Å². The lowest BCUT2D eigenvalue weighted by molar-refractivity contribution is 0.0932. The molecule has 0 bridgehead atoms. The summed E-state index contributed by atoms with van der Waals surface area (Å²) in [5.74, 6) is 1.33. The van der Waals surface area contributed by atoms with Crippen molar-refractivity contribution >= 4 is 28.9 Å². The third-order valence-corrected chi connectivity index (χ3v) is 5.10. The van der Waals surface area contributed by atoms with Gasteiger partial charge in [-0.1, -0.05) is 0 Å². The minimum atomic E-state index is -0.276. The maximum atomic E-state index is 13.0. The van der Waals surface area contributed by atoms with Gasteiger partial charge in [-0.25, -0.2) is 9.97 Å². The van der Waals surface area contributed by atoms with E-state index in [0.29, 0.717) is 34.4 Å². The van der Waals surface area contributed by atoms with Crippen LogP contribution in [-0.4, -0.2) is 49.8 Å². The predicted molar refractivity (Wildman–Crippen MR) is 113 cm³/mol. The normalized spacial score (nSPS) is 14.5. The van der Waals surface area contributed by atoms with Crippen LogP contribution in [0.3, 0.4) is 0 Å². The molecule has 0 saturated carbocycles. The quantitative estimate of drug-likeness (QED) is 0.429. The minimum Gasteiger partial charge on any atom is -0.480 e. The van der Waals surface area contributed by atoms with Crippen LogP contribution in [0.4, 0.5) is 17.3 Å². The molecule has 1 atom stereocenters. The molecule has 11 heteroatoms. The van der Waals surface area contributed by atoms with Gasteiger partial charge in [0, 0.05) is 31.9 Å². The van der Waals surface area contributed by atoms with E-state index in [-0.39, 0.29) is 11.9 Å². The SMILES string of the molecule is CNc1cc(Nc2cccnc2OC)nc2c(C(=O)N[C@@H]3Cc4ccnnc43)cnn12. The molecule has 5 rings (SSSR count). The number of nitrogens with zero attached hydrogens (tertiary/aromatic N) is 6. The molecule has 0 unspecified atom stereocenters. The van der Waals surface area contributed by atoms with Crippen LogP contribution in [0.15, 0.2) is 42.9 Å². The maximum absolute atomic E-state index is 13.0. The Kier molecular flexibility index (Phi) is 4.54. The third-order valence-electron chi connectivity index (χ3n) is 5.10. The Balaban J connectivity index is 1.47. The van der Waals surface area contributed by atoms with Gasteiger partial charge in [-0.3, -0.25) is 4.79 Å². The number of nitrogens with one attached hydrogen (secondary N) is 3. The highest BCUT2D eigenvalue weighted by atomic mass is 16.5. The second-order valence-corrected chi connectivity index (χ2v) is 6.93. The molecule has 0 saturated heterocycles. The Morgan fingerprint density at radius 3 is 3.00 bits per heavy atom. The van der Waals surface area contributed by atoms with Gasteiger partial charge in [0.25, 0.3) is 5.91 Å². The van der Waals surface area contributed by atoms with E-state index in [1.165, 1.54) is 6.20 Å². The Labute approximate surface area is 176 Å². The monoisotopic (exact) mass is 417 g/mol. The number of methoxy groups -OCH3 is 1. The number of hydrogen-bond donors (Lipinski definition) is 3. The van der Waals surface area contributed by atoms with Crippen LogP contribution in [0.2, 0.25) is 0 Å². The smallest absolute Gasteiger partial charge is 0.257 e. The first kappa shape index (κ1) is 18.7. The van der Waals surface area contributed by atoms with E-state index in [1.807, 2.05) is 12.1 Å². The van der Waals surface area contributed by atoms with Crippen molar-refractivity contribution in [1.82, 2.24) is 35.1 Å². The maximum Gasteiger partial charge on any atom is 0.257 e. The number of fused-ring (bicyclic) bond motifs is 2. The summed E-state index contributed by atoms with van der Waals surface area (Å²) in [4.78, 5) is 21.8. The molecule has 0 aromatic carbocycles. The first-order valence-corrected chi connectivity index (χ1v) is 9.62. The number of carbonyl (C=O) groups is 1. The molecule has 0 spiro atoms. The summed E-state index contributed by atoms with van der Waals surface area (Å²) in [6.07, 6.45) is 5.51. The van der Waals surface area contributed by atoms with Crippen LogP contribution < -0.4 is 20.7 Å². The first-order chi connectivity index (χ1) is 15.2. The number of ether oxygens (including phenoxy) is 1. The molecule has 3 N–H and O–H groups in total. The molecule has 31 heavy (non-hydrogen) atoms. The van der Waals surface area contributed by atoms with Crippen molar-refractivity contribution in [3.05, 3.63) is 59.7 Å². The lowest BCUT2D eigenvalue weighted by Crippen LogP contribution is -2.36. The Bertz CT molecular complexity index is 1290. The van der Waals surface area contributed by atoms with Gasteiger partial charge in [0.05, 0.1) is 25.0 Å². The summed E-state index contributed by atoms with van der Waals surface area (Å²) in [7, 11) is 3.32. The molecule has 4 heterocycles. The summed E-state index contributed by atoms with van der Waals surface area (Å²) in [5, 5.41) is 21.6. The molecule has 1 amide bonds. The number of aromatic nitrogens is 6.